The number of hydrogen-bond donors (Lipinski definition) is 1. The third kappa shape index (κ3) is 4.99. The van der Waals surface area contributed by atoms with Gasteiger partial charge in [-0.3, -0.25) is 14.7 Å². The molecule has 0 bridgehead atoms. The van der Waals surface area contributed by atoms with Gasteiger partial charge in [0, 0.05) is 34.5 Å². The van der Waals surface area contributed by atoms with E-state index in [9.17, 15) is 10.1 Å². The Balaban J connectivity index is 1.67. The third-order valence-electron chi connectivity index (χ3n) is 7.77. The SMILES string of the molecule is Cc1cc(CSc2ccccc2C)c(C)c(C2C(C#N)=C(N)N(c3cccnc3)C3=C2C(=O)CC(C)(C)C3)c1. The molecule has 1 aromatic heterocycles. The van der Waals surface area contributed by atoms with Crippen molar-refractivity contribution in [1.82, 2.24) is 4.98 Å². The lowest BCUT2D eigenvalue weighted by molar-refractivity contribution is -0.118. The van der Waals surface area contributed by atoms with Gasteiger partial charge in [-0.25, -0.2) is 0 Å². The van der Waals surface area contributed by atoms with Crippen LogP contribution in [0.25, 0.3) is 0 Å². The van der Waals surface area contributed by atoms with Gasteiger partial charge in [0.1, 0.15) is 5.82 Å². The lowest BCUT2D eigenvalue weighted by Crippen LogP contribution is -2.42. The number of ketones is 1. The van der Waals surface area contributed by atoms with Gasteiger partial charge in [0.05, 0.1) is 29.4 Å². The van der Waals surface area contributed by atoms with Gasteiger partial charge in [-0.1, -0.05) is 49.7 Å². The summed E-state index contributed by atoms with van der Waals surface area (Å²) in [4.78, 5) is 21.4. The first kappa shape index (κ1) is 26.8. The fraction of sp³-hybridized carbons (Fsp3) is 0.303. The molecule has 3 aromatic rings. The van der Waals surface area contributed by atoms with Gasteiger partial charge < -0.3 is 5.73 Å². The molecule has 1 aliphatic heterocycles. The fourth-order valence-corrected chi connectivity index (χ4v) is 6.97. The van der Waals surface area contributed by atoms with Gasteiger partial charge in [-0.2, -0.15) is 5.26 Å². The number of aromatic nitrogens is 1. The Bertz CT molecular complexity index is 1560. The zero-order chi connectivity index (χ0) is 27.9. The van der Waals surface area contributed by atoms with Gasteiger partial charge in [0.15, 0.2) is 5.78 Å². The zero-order valence-electron chi connectivity index (χ0n) is 23.2. The number of hydrogen-bond acceptors (Lipinski definition) is 6. The molecule has 6 heteroatoms. The number of nitrogens with two attached hydrogens (primary N) is 1. The normalized spacial score (nSPS) is 18.7. The topological polar surface area (TPSA) is 83.0 Å². The van der Waals surface area contributed by atoms with Crippen LogP contribution in [-0.4, -0.2) is 10.8 Å². The second-order valence-electron chi connectivity index (χ2n) is 11.4. The molecule has 0 saturated carbocycles. The predicted octanol–water partition coefficient (Wildman–Crippen LogP) is 7.24. The number of nitriles is 1. The smallest absolute Gasteiger partial charge is 0.162 e. The van der Waals surface area contributed by atoms with Crippen LogP contribution in [0, 0.1) is 37.5 Å². The molecule has 2 N–H and O–H groups in total. The number of aryl methyl sites for hydroxylation is 2. The second kappa shape index (κ2) is 10.4. The summed E-state index contributed by atoms with van der Waals surface area (Å²) in [5.74, 6) is 0.755. The second-order valence-corrected chi connectivity index (χ2v) is 12.4. The van der Waals surface area contributed by atoms with E-state index in [1.54, 1.807) is 12.4 Å². The van der Waals surface area contributed by atoms with Crippen molar-refractivity contribution in [3.63, 3.8) is 0 Å². The monoisotopic (exact) mass is 534 g/mol. The Morgan fingerprint density at radius 3 is 2.59 bits per heavy atom. The number of carbonyl (C=O) groups is 1. The Morgan fingerprint density at radius 2 is 1.90 bits per heavy atom. The van der Waals surface area contributed by atoms with Crippen LogP contribution in [0.5, 0.6) is 0 Å². The first-order valence-electron chi connectivity index (χ1n) is 13.3. The molecule has 1 unspecified atom stereocenters. The number of rotatable bonds is 5. The minimum Gasteiger partial charge on any atom is -0.384 e. The highest BCUT2D eigenvalue weighted by Gasteiger charge is 2.45. The molecule has 0 fully saturated rings. The average molecular weight is 535 g/mol. The van der Waals surface area contributed by atoms with Gasteiger partial charge in [0.2, 0.25) is 0 Å². The lowest BCUT2D eigenvalue weighted by atomic mass is 9.68. The summed E-state index contributed by atoms with van der Waals surface area (Å²) in [5.41, 5.74) is 15.0. The Hall–Kier alpha value is -3.82. The molecule has 2 aromatic carbocycles. The highest BCUT2D eigenvalue weighted by molar-refractivity contribution is 7.98. The van der Waals surface area contributed by atoms with Crippen molar-refractivity contribution in [2.24, 2.45) is 11.1 Å². The Kier molecular flexibility index (Phi) is 7.13. The molecule has 198 valence electrons. The van der Waals surface area contributed by atoms with E-state index in [2.05, 4.69) is 82.1 Å². The summed E-state index contributed by atoms with van der Waals surface area (Å²) in [5, 5.41) is 10.5. The van der Waals surface area contributed by atoms with E-state index in [1.807, 2.05) is 28.8 Å². The van der Waals surface area contributed by atoms with Crippen molar-refractivity contribution in [1.29, 1.82) is 5.26 Å². The van der Waals surface area contributed by atoms with Crippen molar-refractivity contribution in [2.45, 2.75) is 64.0 Å². The van der Waals surface area contributed by atoms with Crippen molar-refractivity contribution < 1.29 is 4.79 Å². The number of thioether (sulfide) groups is 1. The quantitative estimate of drug-likeness (QED) is 0.347. The molecule has 2 heterocycles. The maximum Gasteiger partial charge on any atom is 0.162 e. The Labute approximate surface area is 235 Å². The van der Waals surface area contributed by atoms with Crippen molar-refractivity contribution in [3.05, 3.63) is 111 Å². The molecule has 39 heavy (non-hydrogen) atoms. The fourth-order valence-electron chi connectivity index (χ4n) is 5.89. The molecule has 1 aliphatic carbocycles. The van der Waals surface area contributed by atoms with Crippen LogP contribution in [0.2, 0.25) is 0 Å². The van der Waals surface area contributed by atoms with Crippen molar-refractivity contribution >= 4 is 23.2 Å². The molecule has 5 nitrogen and oxygen atoms in total. The highest BCUT2D eigenvalue weighted by atomic mass is 32.2. The summed E-state index contributed by atoms with van der Waals surface area (Å²) in [7, 11) is 0. The number of nitrogens with zero attached hydrogens (tertiary/aromatic N) is 3. The molecule has 1 atom stereocenters. The number of carbonyl (C=O) groups excluding carboxylic acids is 1. The minimum absolute atomic E-state index is 0.0807. The number of Topliss-reactive ketones (excluding diaryl/α,β-unsaturated/α-hetero) is 1. The lowest BCUT2D eigenvalue weighted by Gasteiger charge is -2.44. The highest BCUT2D eigenvalue weighted by Crippen LogP contribution is 2.51. The summed E-state index contributed by atoms with van der Waals surface area (Å²) < 4.78 is 0. The summed E-state index contributed by atoms with van der Waals surface area (Å²) in [6.07, 6.45) is 4.55. The van der Waals surface area contributed by atoms with E-state index in [0.29, 0.717) is 29.8 Å². The molecule has 2 aliphatic rings. The van der Waals surface area contributed by atoms with Crippen LogP contribution in [0.1, 0.15) is 60.4 Å². The summed E-state index contributed by atoms with van der Waals surface area (Å²) in [6.45, 7) is 10.5. The molecule has 0 spiro atoms. The van der Waals surface area contributed by atoms with E-state index in [0.717, 1.165) is 33.8 Å². The molecule has 0 radical (unpaired) electrons. The molecular weight excluding hydrogens is 500 g/mol. The standard InChI is InChI=1S/C33H34N4OS/c1-20-13-23(19-39-29-11-7-6-9-21(29)2)22(3)25(14-20)30-26(17-34)32(35)37(24-10-8-12-36-18-24)27-15-33(4,5)16-28(38)31(27)30/h6-14,18,30H,15-16,19,35H2,1-5H3. The van der Waals surface area contributed by atoms with Crippen LogP contribution >= 0.6 is 11.8 Å². The van der Waals surface area contributed by atoms with E-state index in [4.69, 9.17) is 5.73 Å². The molecule has 5 rings (SSSR count). The molecule has 0 amide bonds. The van der Waals surface area contributed by atoms with Crippen molar-refractivity contribution in [3.8, 4) is 6.07 Å². The van der Waals surface area contributed by atoms with E-state index >= 15 is 0 Å². The van der Waals surface area contributed by atoms with Gasteiger partial charge in [-0.05, 0) is 73.1 Å². The zero-order valence-corrected chi connectivity index (χ0v) is 24.0. The van der Waals surface area contributed by atoms with Crippen LogP contribution in [0.3, 0.4) is 0 Å². The predicted molar refractivity (Wildman–Crippen MR) is 158 cm³/mol. The maximum atomic E-state index is 13.9. The largest absolute Gasteiger partial charge is 0.384 e. The first-order valence-corrected chi connectivity index (χ1v) is 14.2. The number of benzene rings is 2. The molecule has 0 saturated heterocycles. The van der Waals surface area contributed by atoms with Crippen LogP contribution < -0.4 is 10.6 Å². The maximum absolute atomic E-state index is 13.9. The van der Waals surface area contributed by atoms with E-state index < -0.39 is 5.92 Å². The Morgan fingerprint density at radius 1 is 1.13 bits per heavy atom. The average Bonchev–Trinajstić information content (AvgIpc) is 2.89. The van der Waals surface area contributed by atoms with Crippen LogP contribution in [0.4, 0.5) is 5.69 Å². The number of allylic oxidation sites excluding steroid dienone is 3. The number of anilines is 1. The molecular formula is C33H34N4OS. The summed E-state index contributed by atoms with van der Waals surface area (Å²) >= 11 is 1.81. The first-order chi connectivity index (χ1) is 18.6. The minimum atomic E-state index is -0.497. The third-order valence-corrected chi connectivity index (χ3v) is 9.00. The van der Waals surface area contributed by atoms with E-state index in [-0.39, 0.29) is 11.2 Å². The van der Waals surface area contributed by atoms with Gasteiger partial charge in [0.25, 0.3) is 0 Å². The van der Waals surface area contributed by atoms with Crippen molar-refractivity contribution in [2.75, 3.05) is 4.90 Å². The number of pyridine rings is 1. The summed E-state index contributed by atoms with van der Waals surface area (Å²) in [6, 6.07) is 18.9. The van der Waals surface area contributed by atoms with Gasteiger partial charge in [-0.15, -0.1) is 11.8 Å². The van der Waals surface area contributed by atoms with E-state index in [1.165, 1.54) is 16.0 Å². The van der Waals surface area contributed by atoms with Crippen LogP contribution in [-0.2, 0) is 10.5 Å². The van der Waals surface area contributed by atoms with Gasteiger partial charge >= 0.3 is 0 Å². The van der Waals surface area contributed by atoms with Crippen LogP contribution in [0.15, 0.2) is 88.5 Å².